The predicted octanol–water partition coefficient (Wildman–Crippen LogP) is 1.56. The van der Waals surface area contributed by atoms with Gasteiger partial charge in [0.2, 0.25) is 0 Å². The van der Waals surface area contributed by atoms with E-state index in [1.807, 2.05) is 0 Å². The molecule has 13 heavy (non-hydrogen) atoms. The monoisotopic (exact) mass is 189 g/mol. The zero-order valence-corrected chi connectivity index (χ0v) is 6.92. The van der Waals surface area contributed by atoms with Crippen LogP contribution < -0.4 is 5.73 Å². The van der Waals surface area contributed by atoms with Gasteiger partial charge in [0.05, 0.1) is 0 Å². The van der Waals surface area contributed by atoms with E-state index >= 15 is 0 Å². The maximum Gasteiger partial charge on any atom is 0.290 e. The number of nitrogen functional groups attached to an aromatic ring is 1. The molecule has 0 fully saturated rings. The Morgan fingerprint density at radius 1 is 1.38 bits per heavy atom. The molecule has 5 heteroatoms. The normalized spacial score (nSPS) is 8.54. The van der Waals surface area contributed by atoms with Gasteiger partial charge in [-0.15, -0.1) is 0 Å². The molecule has 1 aromatic carbocycles. The van der Waals surface area contributed by atoms with Gasteiger partial charge in [0.25, 0.3) is 6.47 Å². The number of nitrogens with two attached hydrogens (primary N) is 1. The van der Waals surface area contributed by atoms with Crippen LogP contribution in [0, 0.1) is 18.6 Å². The van der Waals surface area contributed by atoms with Gasteiger partial charge in [-0.05, 0) is 24.6 Å². The average molecular weight is 189 g/mol. The molecule has 0 aliphatic carbocycles. The Kier molecular flexibility index (Phi) is 4.43. The first-order chi connectivity index (χ1) is 6.02. The third-order valence-corrected chi connectivity index (χ3v) is 1.22. The quantitative estimate of drug-likeness (QED) is 0.480. The summed E-state index contributed by atoms with van der Waals surface area (Å²) >= 11 is 0. The Labute approximate surface area is 73.8 Å². The molecule has 0 aromatic heterocycles. The average Bonchev–Trinajstić information content (AvgIpc) is 2.01. The molecule has 3 nitrogen and oxygen atoms in total. The Hall–Kier alpha value is -1.65. The van der Waals surface area contributed by atoms with Gasteiger partial charge in [0, 0.05) is 0 Å². The molecule has 0 spiro atoms. The maximum absolute atomic E-state index is 12.5. The second-order valence-electron chi connectivity index (χ2n) is 2.25. The van der Waals surface area contributed by atoms with Crippen molar-refractivity contribution in [2.75, 3.05) is 5.73 Å². The van der Waals surface area contributed by atoms with Crippen LogP contribution in [0.1, 0.15) is 5.56 Å². The minimum atomic E-state index is -0.697. The predicted molar refractivity (Wildman–Crippen MR) is 44.2 cm³/mol. The van der Waals surface area contributed by atoms with Gasteiger partial charge in [-0.3, -0.25) is 4.79 Å². The van der Waals surface area contributed by atoms with Gasteiger partial charge in [0.1, 0.15) is 17.3 Å². The number of anilines is 1. The molecule has 3 N–H and O–H groups in total. The zero-order chi connectivity index (χ0) is 10.4. The number of benzene rings is 1. The summed E-state index contributed by atoms with van der Waals surface area (Å²) in [5, 5.41) is 6.89. The molecule has 72 valence electrons. The number of aryl methyl sites for hydroxylation is 1. The van der Waals surface area contributed by atoms with Gasteiger partial charge in [0.15, 0.2) is 0 Å². The van der Waals surface area contributed by atoms with Gasteiger partial charge < -0.3 is 10.8 Å². The van der Waals surface area contributed by atoms with Gasteiger partial charge in [-0.2, -0.15) is 0 Å². The lowest BCUT2D eigenvalue weighted by Crippen LogP contribution is -1.95. The first-order valence-electron chi connectivity index (χ1n) is 3.32. The number of carbonyl (C=O) groups is 1. The lowest BCUT2D eigenvalue weighted by Gasteiger charge is -1.98. The van der Waals surface area contributed by atoms with E-state index in [4.69, 9.17) is 15.6 Å². The highest BCUT2D eigenvalue weighted by molar-refractivity contribution is 5.42. The van der Waals surface area contributed by atoms with Crippen molar-refractivity contribution in [3.05, 3.63) is 29.3 Å². The molecule has 0 unspecified atom stereocenters. The minimum absolute atomic E-state index is 0.250. The van der Waals surface area contributed by atoms with E-state index in [1.54, 1.807) is 6.92 Å². The highest BCUT2D eigenvalue weighted by Crippen LogP contribution is 2.15. The standard InChI is InChI=1S/C7H7F2N.CH2O2/c1-4-2-5(8)7(10)6(9)3-4;2-1-3/h2-3H,10H2,1H3;1H,(H,2,3). The SMILES string of the molecule is Cc1cc(F)c(N)c(F)c1.O=CO. The van der Waals surface area contributed by atoms with E-state index in [1.165, 1.54) is 12.1 Å². The molecule has 0 saturated carbocycles. The van der Waals surface area contributed by atoms with Crippen LogP contribution in [-0.2, 0) is 4.79 Å². The zero-order valence-electron chi connectivity index (χ0n) is 6.92. The Bertz CT molecular complexity index is 279. The van der Waals surface area contributed by atoms with E-state index in [2.05, 4.69) is 0 Å². The van der Waals surface area contributed by atoms with Crippen molar-refractivity contribution in [1.29, 1.82) is 0 Å². The lowest BCUT2D eigenvalue weighted by molar-refractivity contribution is -0.122. The second-order valence-corrected chi connectivity index (χ2v) is 2.25. The molecule has 0 heterocycles. The molecule has 0 saturated heterocycles. The van der Waals surface area contributed by atoms with Crippen molar-refractivity contribution in [2.45, 2.75) is 6.92 Å². The van der Waals surface area contributed by atoms with Crippen molar-refractivity contribution in [3.63, 3.8) is 0 Å². The Balaban J connectivity index is 0.000000424. The molecular formula is C8H9F2NO2. The summed E-state index contributed by atoms with van der Waals surface area (Å²) in [7, 11) is 0. The van der Waals surface area contributed by atoms with Crippen molar-refractivity contribution in [3.8, 4) is 0 Å². The summed E-state index contributed by atoms with van der Waals surface area (Å²) in [6, 6.07) is 2.39. The van der Waals surface area contributed by atoms with E-state index < -0.39 is 17.3 Å². The fraction of sp³-hybridized carbons (Fsp3) is 0.125. The summed E-state index contributed by atoms with van der Waals surface area (Å²) in [4.78, 5) is 8.36. The summed E-state index contributed by atoms with van der Waals surface area (Å²) in [5.74, 6) is -1.39. The highest BCUT2D eigenvalue weighted by atomic mass is 19.1. The number of halogens is 2. The molecule has 0 amide bonds. The van der Waals surface area contributed by atoms with Crippen LogP contribution in [0.5, 0.6) is 0 Å². The Morgan fingerprint density at radius 3 is 2.00 bits per heavy atom. The number of hydrogen-bond acceptors (Lipinski definition) is 2. The topological polar surface area (TPSA) is 63.3 Å². The van der Waals surface area contributed by atoms with E-state index in [-0.39, 0.29) is 6.47 Å². The third kappa shape index (κ3) is 3.50. The molecule has 0 radical (unpaired) electrons. The van der Waals surface area contributed by atoms with Crippen molar-refractivity contribution < 1.29 is 18.7 Å². The van der Waals surface area contributed by atoms with E-state index in [0.29, 0.717) is 5.56 Å². The molecule has 1 aromatic rings. The van der Waals surface area contributed by atoms with Crippen LogP contribution in [0.2, 0.25) is 0 Å². The number of carboxylic acid groups (broad SMARTS) is 1. The second kappa shape index (κ2) is 5.08. The molecular weight excluding hydrogens is 180 g/mol. The van der Waals surface area contributed by atoms with E-state index in [0.717, 1.165) is 0 Å². The van der Waals surface area contributed by atoms with Crippen LogP contribution in [0.4, 0.5) is 14.5 Å². The van der Waals surface area contributed by atoms with Crippen LogP contribution in [0.3, 0.4) is 0 Å². The smallest absolute Gasteiger partial charge is 0.290 e. The molecule has 0 atom stereocenters. The number of hydrogen-bond donors (Lipinski definition) is 2. The largest absolute Gasteiger partial charge is 0.483 e. The fourth-order valence-corrected chi connectivity index (χ4v) is 0.711. The maximum atomic E-state index is 12.5. The van der Waals surface area contributed by atoms with E-state index in [9.17, 15) is 8.78 Å². The van der Waals surface area contributed by atoms with Gasteiger partial charge in [-0.25, -0.2) is 8.78 Å². The Morgan fingerprint density at radius 2 is 1.69 bits per heavy atom. The number of rotatable bonds is 0. The lowest BCUT2D eigenvalue weighted by atomic mass is 10.2. The van der Waals surface area contributed by atoms with Gasteiger partial charge in [-0.1, -0.05) is 0 Å². The summed E-state index contributed by atoms with van der Waals surface area (Å²) in [6.07, 6.45) is 0. The van der Waals surface area contributed by atoms with Crippen molar-refractivity contribution in [1.82, 2.24) is 0 Å². The minimum Gasteiger partial charge on any atom is -0.483 e. The molecule has 0 aliphatic heterocycles. The highest BCUT2D eigenvalue weighted by Gasteiger charge is 2.03. The first-order valence-corrected chi connectivity index (χ1v) is 3.32. The fourth-order valence-electron chi connectivity index (χ4n) is 0.711. The summed E-state index contributed by atoms with van der Waals surface area (Å²) in [6.45, 7) is 1.35. The first kappa shape index (κ1) is 11.4. The van der Waals surface area contributed by atoms with Crippen LogP contribution in [-0.4, -0.2) is 11.6 Å². The molecule has 0 aliphatic rings. The van der Waals surface area contributed by atoms with Crippen LogP contribution in [0.15, 0.2) is 12.1 Å². The third-order valence-electron chi connectivity index (χ3n) is 1.22. The molecule has 0 bridgehead atoms. The summed E-state index contributed by atoms with van der Waals surface area (Å²) < 4.78 is 25.0. The van der Waals surface area contributed by atoms with Crippen molar-refractivity contribution >= 4 is 12.2 Å². The van der Waals surface area contributed by atoms with Crippen LogP contribution >= 0.6 is 0 Å². The van der Waals surface area contributed by atoms with Gasteiger partial charge >= 0.3 is 0 Å². The molecule has 1 rings (SSSR count). The summed E-state index contributed by atoms with van der Waals surface area (Å²) in [5.41, 5.74) is 5.12. The van der Waals surface area contributed by atoms with Crippen molar-refractivity contribution in [2.24, 2.45) is 0 Å². The van der Waals surface area contributed by atoms with Crippen LogP contribution in [0.25, 0.3) is 0 Å².